The Balaban J connectivity index is 1.98. The molecule has 1 amide bonds. The Morgan fingerprint density at radius 2 is 2.35 bits per heavy atom. The molecular weight excluding hydrogens is 240 g/mol. The lowest BCUT2D eigenvalue weighted by atomic mass is 9.92. The highest BCUT2D eigenvalue weighted by Crippen LogP contribution is 2.17. The molecule has 1 aromatic rings. The highest BCUT2D eigenvalue weighted by molar-refractivity contribution is 6.29. The number of amides is 1. The molecule has 1 aromatic heterocycles. The average Bonchev–Trinajstić information content (AvgIpc) is 2.32. The maximum absolute atomic E-state index is 12.0. The molecule has 0 bridgehead atoms. The lowest BCUT2D eigenvalue weighted by Crippen LogP contribution is -2.48. The number of rotatable bonds is 2. The zero-order valence-corrected chi connectivity index (χ0v) is 10.4. The number of carbonyl (C=O) groups excluding carboxylic acids is 1. The van der Waals surface area contributed by atoms with E-state index in [1.807, 2.05) is 0 Å². The van der Waals surface area contributed by atoms with Gasteiger partial charge in [0.15, 0.2) is 11.0 Å². The molecule has 2 atom stereocenters. The summed E-state index contributed by atoms with van der Waals surface area (Å²) in [5.41, 5.74) is 0. The van der Waals surface area contributed by atoms with Crippen LogP contribution < -0.4 is 10.6 Å². The van der Waals surface area contributed by atoms with Crippen LogP contribution in [0.15, 0.2) is 12.1 Å². The molecular formula is C11H15ClN4O. The smallest absolute Gasteiger partial charge is 0.242 e. The summed E-state index contributed by atoms with van der Waals surface area (Å²) in [6.45, 7) is 2.96. The average molecular weight is 255 g/mol. The summed E-state index contributed by atoms with van der Waals surface area (Å²) in [5.74, 6) is 0.705. The van der Waals surface area contributed by atoms with E-state index >= 15 is 0 Å². The topological polar surface area (TPSA) is 66.9 Å². The number of halogens is 1. The van der Waals surface area contributed by atoms with Gasteiger partial charge in [-0.2, -0.15) is 0 Å². The molecule has 6 heteroatoms. The first-order valence-electron chi connectivity index (χ1n) is 5.70. The van der Waals surface area contributed by atoms with Gasteiger partial charge in [-0.15, -0.1) is 10.2 Å². The Labute approximate surface area is 105 Å². The summed E-state index contributed by atoms with van der Waals surface area (Å²) < 4.78 is 0. The Morgan fingerprint density at radius 1 is 1.53 bits per heavy atom. The molecule has 1 aliphatic heterocycles. The van der Waals surface area contributed by atoms with E-state index < -0.39 is 0 Å². The molecule has 2 heterocycles. The Bertz CT molecular complexity index is 395. The molecule has 0 aliphatic carbocycles. The second-order valence-corrected chi connectivity index (χ2v) is 4.67. The first kappa shape index (κ1) is 12.3. The van der Waals surface area contributed by atoms with Crippen LogP contribution in [0, 0.1) is 5.92 Å². The Morgan fingerprint density at radius 3 is 3.00 bits per heavy atom. The molecule has 2 N–H and O–H groups in total. The van der Waals surface area contributed by atoms with Crippen LogP contribution >= 0.6 is 11.6 Å². The molecule has 17 heavy (non-hydrogen) atoms. The fraction of sp³-hybridized carbons (Fsp3) is 0.545. The van der Waals surface area contributed by atoms with Crippen LogP contribution in [0.25, 0.3) is 0 Å². The summed E-state index contributed by atoms with van der Waals surface area (Å²) in [5, 5.41) is 13.7. The molecule has 5 nitrogen and oxygen atoms in total. The van der Waals surface area contributed by atoms with Crippen LogP contribution in [0.2, 0.25) is 5.15 Å². The Kier molecular flexibility index (Phi) is 3.91. The van der Waals surface area contributed by atoms with Gasteiger partial charge in [-0.05, 0) is 37.4 Å². The second kappa shape index (κ2) is 5.42. The van der Waals surface area contributed by atoms with Gasteiger partial charge in [0.05, 0.1) is 6.04 Å². The summed E-state index contributed by atoms with van der Waals surface area (Å²) in [6, 6.07) is 3.09. The minimum Gasteiger partial charge on any atom is -0.308 e. The second-order valence-electron chi connectivity index (χ2n) is 4.28. The van der Waals surface area contributed by atoms with E-state index in [9.17, 15) is 4.79 Å². The molecule has 0 saturated carbocycles. The Hall–Kier alpha value is -1.20. The third-order valence-electron chi connectivity index (χ3n) is 2.94. The molecule has 1 aliphatic rings. The van der Waals surface area contributed by atoms with Crippen LogP contribution in [-0.2, 0) is 4.79 Å². The molecule has 2 unspecified atom stereocenters. The normalized spacial score (nSPS) is 24.4. The van der Waals surface area contributed by atoms with Crippen LogP contribution in [0.3, 0.4) is 0 Å². The van der Waals surface area contributed by atoms with E-state index in [-0.39, 0.29) is 11.9 Å². The van der Waals surface area contributed by atoms with Gasteiger partial charge < -0.3 is 10.6 Å². The molecule has 0 aromatic carbocycles. The van der Waals surface area contributed by atoms with Crippen LogP contribution in [0.4, 0.5) is 5.82 Å². The molecule has 0 spiro atoms. The number of nitrogens with zero attached hydrogens (tertiary/aromatic N) is 2. The van der Waals surface area contributed by atoms with Crippen molar-refractivity contribution in [3.05, 3.63) is 17.3 Å². The fourth-order valence-electron chi connectivity index (χ4n) is 1.99. The number of anilines is 1. The van der Waals surface area contributed by atoms with Crippen LogP contribution in [0.1, 0.15) is 19.8 Å². The molecule has 92 valence electrons. The van der Waals surface area contributed by atoms with Crippen LogP contribution in [0.5, 0.6) is 0 Å². The monoisotopic (exact) mass is 254 g/mol. The van der Waals surface area contributed by atoms with Gasteiger partial charge in [0, 0.05) is 0 Å². The quantitative estimate of drug-likeness (QED) is 0.839. The zero-order chi connectivity index (χ0) is 12.3. The van der Waals surface area contributed by atoms with Crippen molar-refractivity contribution in [2.45, 2.75) is 25.8 Å². The number of piperidine rings is 1. The maximum atomic E-state index is 12.0. The third kappa shape index (κ3) is 3.14. The summed E-state index contributed by atoms with van der Waals surface area (Å²) in [6.07, 6.45) is 2.18. The molecule has 2 rings (SSSR count). The van der Waals surface area contributed by atoms with E-state index in [2.05, 4.69) is 27.8 Å². The minimum absolute atomic E-state index is 0.0613. The van der Waals surface area contributed by atoms with Gasteiger partial charge in [-0.1, -0.05) is 18.5 Å². The largest absolute Gasteiger partial charge is 0.308 e. The van der Waals surface area contributed by atoms with Gasteiger partial charge in [-0.25, -0.2) is 0 Å². The predicted octanol–water partition coefficient (Wildman–Crippen LogP) is 1.46. The van der Waals surface area contributed by atoms with Crippen molar-refractivity contribution in [2.75, 3.05) is 11.9 Å². The van der Waals surface area contributed by atoms with Crippen molar-refractivity contribution in [1.29, 1.82) is 0 Å². The van der Waals surface area contributed by atoms with Crippen molar-refractivity contribution < 1.29 is 4.79 Å². The summed E-state index contributed by atoms with van der Waals surface area (Å²) in [7, 11) is 0. The van der Waals surface area contributed by atoms with E-state index in [0.717, 1.165) is 19.4 Å². The van der Waals surface area contributed by atoms with Gasteiger partial charge in [0.2, 0.25) is 5.91 Å². The molecule has 1 fully saturated rings. The van der Waals surface area contributed by atoms with Crippen molar-refractivity contribution in [3.63, 3.8) is 0 Å². The van der Waals surface area contributed by atoms with E-state index in [0.29, 0.717) is 16.9 Å². The van der Waals surface area contributed by atoms with Crippen molar-refractivity contribution in [2.24, 2.45) is 5.92 Å². The zero-order valence-electron chi connectivity index (χ0n) is 9.61. The number of aromatic nitrogens is 2. The minimum atomic E-state index is -0.152. The number of carbonyl (C=O) groups is 1. The maximum Gasteiger partial charge on any atom is 0.242 e. The predicted molar refractivity (Wildman–Crippen MR) is 65.9 cm³/mol. The highest BCUT2D eigenvalue weighted by atomic mass is 35.5. The van der Waals surface area contributed by atoms with Gasteiger partial charge in [0.25, 0.3) is 0 Å². The lowest BCUT2D eigenvalue weighted by molar-refractivity contribution is -0.119. The standard InChI is InChI=1S/C11H15ClN4O/c1-7-3-2-6-13-10(7)11(17)14-9-5-4-8(12)15-16-9/h4-5,7,10,13H,2-3,6H2,1H3,(H,14,16,17). The highest BCUT2D eigenvalue weighted by Gasteiger charge is 2.27. The van der Waals surface area contributed by atoms with E-state index in [4.69, 9.17) is 11.6 Å². The summed E-state index contributed by atoms with van der Waals surface area (Å²) >= 11 is 5.62. The number of hydrogen-bond donors (Lipinski definition) is 2. The first-order chi connectivity index (χ1) is 8.16. The fourth-order valence-corrected chi connectivity index (χ4v) is 2.09. The van der Waals surface area contributed by atoms with E-state index in [1.54, 1.807) is 12.1 Å². The van der Waals surface area contributed by atoms with Gasteiger partial charge in [0.1, 0.15) is 0 Å². The first-order valence-corrected chi connectivity index (χ1v) is 6.08. The SMILES string of the molecule is CC1CCCNC1C(=O)Nc1ccc(Cl)nn1. The van der Waals surface area contributed by atoms with Crippen molar-refractivity contribution >= 4 is 23.3 Å². The lowest BCUT2D eigenvalue weighted by Gasteiger charge is -2.28. The van der Waals surface area contributed by atoms with Crippen molar-refractivity contribution in [1.82, 2.24) is 15.5 Å². The summed E-state index contributed by atoms with van der Waals surface area (Å²) in [4.78, 5) is 12.0. The molecule has 1 saturated heterocycles. The molecule has 0 radical (unpaired) electrons. The van der Waals surface area contributed by atoms with Crippen molar-refractivity contribution in [3.8, 4) is 0 Å². The number of nitrogens with one attached hydrogen (secondary N) is 2. The van der Waals surface area contributed by atoms with Gasteiger partial charge >= 0.3 is 0 Å². The van der Waals surface area contributed by atoms with Gasteiger partial charge in [-0.3, -0.25) is 4.79 Å². The number of hydrogen-bond acceptors (Lipinski definition) is 4. The van der Waals surface area contributed by atoms with E-state index in [1.165, 1.54) is 0 Å². The third-order valence-corrected chi connectivity index (χ3v) is 3.14. The van der Waals surface area contributed by atoms with Crippen LogP contribution in [-0.4, -0.2) is 28.7 Å².